The van der Waals surface area contributed by atoms with E-state index in [1.54, 1.807) is 7.11 Å². The maximum absolute atomic E-state index is 13.4. The Bertz CT molecular complexity index is 850. The molecule has 2 saturated heterocycles. The molecule has 0 saturated carbocycles. The summed E-state index contributed by atoms with van der Waals surface area (Å²) >= 11 is 0. The van der Waals surface area contributed by atoms with Gasteiger partial charge < -0.3 is 9.64 Å². The van der Waals surface area contributed by atoms with Gasteiger partial charge in [0.2, 0.25) is 5.91 Å². The first-order valence-electron chi connectivity index (χ1n) is 10.3. The number of benzene rings is 2. The summed E-state index contributed by atoms with van der Waals surface area (Å²) in [6.45, 7) is 6.50. The first kappa shape index (κ1) is 19.0. The van der Waals surface area contributed by atoms with Gasteiger partial charge in [-0.1, -0.05) is 42.0 Å². The van der Waals surface area contributed by atoms with Crippen LogP contribution in [0.1, 0.15) is 36.0 Å². The molecule has 4 rings (SSSR count). The standard InChI is InChI=1S/C24H30N2O2/c1-19-6-3-7-20(14-19)16-25-13-11-24(18-25)10-5-12-26(23(24)27)17-21-8-4-9-22(15-21)28-2/h3-4,6-9,14-15H,5,10-13,16-18H2,1-2H3. The van der Waals surface area contributed by atoms with Gasteiger partial charge in [-0.05, 0) is 56.0 Å². The van der Waals surface area contributed by atoms with Crippen molar-refractivity contribution in [3.8, 4) is 5.75 Å². The fraction of sp³-hybridized carbons (Fsp3) is 0.458. The zero-order valence-corrected chi connectivity index (χ0v) is 17.0. The van der Waals surface area contributed by atoms with Crippen LogP contribution in [0.3, 0.4) is 0 Å². The van der Waals surface area contributed by atoms with E-state index in [-0.39, 0.29) is 5.41 Å². The number of aryl methyl sites for hydroxylation is 1. The highest BCUT2D eigenvalue weighted by atomic mass is 16.5. The van der Waals surface area contributed by atoms with Crippen LogP contribution in [0.5, 0.6) is 5.75 Å². The van der Waals surface area contributed by atoms with Gasteiger partial charge in [-0.2, -0.15) is 0 Å². The third-order valence-corrected chi connectivity index (χ3v) is 6.25. The van der Waals surface area contributed by atoms with Crippen LogP contribution < -0.4 is 4.74 Å². The van der Waals surface area contributed by atoms with Gasteiger partial charge in [0.25, 0.3) is 0 Å². The zero-order chi connectivity index (χ0) is 19.6. The first-order valence-corrected chi connectivity index (χ1v) is 10.3. The quantitative estimate of drug-likeness (QED) is 0.788. The number of ether oxygens (including phenoxy) is 1. The summed E-state index contributed by atoms with van der Waals surface area (Å²) in [5.74, 6) is 1.19. The number of carbonyl (C=O) groups is 1. The summed E-state index contributed by atoms with van der Waals surface area (Å²) in [7, 11) is 1.68. The Labute approximate surface area is 168 Å². The van der Waals surface area contributed by atoms with Gasteiger partial charge in [-0.15, -0.1) is 0 Å². The van der Waals surface area contributed by atoms with Crippen molar-refractivity contribution < 1.29 is 9.53 Å². The molecule has 28 heavy (non-hydrogen) atoms. The van der Waals surface area contributed by atoms with E-state index in [1.165, 1.54) is 11.1 Å². The molecule has 0 aliphatic carbocycles. The molecule has 0 bridgehead atoms. The highest BCUT2D eigenvalue weighted by Gasteiger charge is 2.48. The Hall–Kier alpha value is -2.33. The van der Waals surface area contributed by atoms with E-state index in [1.807, 2.05) is 18.2 Å². The maximum atomic E-state index is 13.4. The van der Waals surface area contributed by atoms with Crippen molar-refractivity contribution in [3.63, 3.8) is 0 Å². The average molecular weight is 379 g/mol. The average Bonchev–Trinajstić information content (AvgIpc) is 3.09. The van der Waals surface area contributed by atoms with Gasteiger partial charge in [0.05, 0.1) is 12.5 Å². The van der Waals surface area contributed by atoms with Crippen molar-refractivity contribution in [1.82, 2.24) is 9.80 Å². The van der Waals surface area contributed by atoms with Crippen LogP contribution in [0.25, 0.3) is 0 Å². The minimum atomic E-state index is -0.194. The summed E-state index contributed by atoms with van der Waals surface area (Å²) in [5.41, 5.74) is 3.58. The van der Waals surface area contributed by atoms with Crippen LogP contribution in [-0.4, -0.2) is 42.5 Å². The Kier molecular flexibility index (Phi) is 5.40. The van der Waals surface area contributed by atoms with E-state index >= 15 is 0 Å². The third-order valence-electron chi connectivity index (χ3n) is 6.25. The molecule has 1 unspecified atom stereocenters. The molecule has 2 aromatic carbocycles. The lowest BCUT2D eigenvalue weighted by Gasteiger charge is -2.39. The predicted molar refractivity (Wildman–Crippen MR) is 111 cm³/mol. The zero-order valence-electron chi connectivity index (χ0n) is 17.0. The van der Waals surface area contributed by atoms with Gasteiger partial charge >= 0.3 is 0 Å². The molecule has 2 aliphatic rings. The van der Waals surface area contributed by atoms with Crippen LogP contribution >= 0.6 is 0 Å². The van der Waals surface area contributed by atoms with Crippen molar-refractivity contribution in [2.45, 2.75) is 39.3 Å². The second-order valence-electron chi connectivity index (χ2n) is 8.41. The van der Waals surface area contributed by atoms with E-state index in [2.05, 4.69) is 47.1 Å². The summed E-state index contributed by atoms with van der Waals surface area (Å²) in [5, 5.41) is 0. The molecule has 1 atom stereocenters. The van der Waals surface area contributed by atoms with Crippen molar-refractivity contribution in [1.29, 1.82) is 0 Å². The SMILES string of the molecule is COc1cccc(CN2CCCC3(CCN(Cc4cccc(C)c4)C3)C2=O)c1. The molecule has 1 amide bonds. The van der Waals surface area contributed by atoms with Crippen molar-refractivity contribution in [3.05, 3.63) is 65.2 Å². The van der Waals surface area contributed by atoms with Gasteiger partial charge in [0.15, 0.2) is 0 Å². The van der Waals surface area contributed by atoms with Crippen molar-refractivity contribution in [2.24, 2.45) is 5.41 Å². The summed E-state index contributed by atoms with van der Waals surface area (Å²) < 4.78 is 5.33. The Morgan fingerprint density at radius 2 is 1.79 bits per heavy atom. The van der Waals surface area contributed by atoms with E-state index in [9.17, 15) is 4.79 Å². The number of rotatable bonds is 5. The molecule has 0 N–H and O–H groups in total. The topological polar surface area (TPSA) is 32.8 Å². The van der Waals surface area contributed by atoms with Crippen LogP contribution in [0.4, 0.5) is 0 Å². The fourth-order valence-corrected chi connectivity index (χ4v) is 4.83. The van der Waals surface area contributed by atoms with E-state index in [0.717, 1.165) is 56.8 Å². The second-order valence-corrected chi connectivity index (χ2v) is 8.41. The molecule has 4 nitrogen and oxygen atoms in total. The van der Waals surface area contributed by atoms with Crippen molar-refractivity contribution in [2.75, 3.05) is 26.7 Å². The molecule has 2 heterocycles. The molecule has 148 valence electrons. The van der Waals surface area contributed by atoms with E-state index in [4.69, 9.17) is 4.74 Å². The Balaban J connectivity index is 1.43. The Morgan fingerprint density at radius 1 is 1.00 bits per heavy atom. The second kappa shape index (κ2) is 7.96. The number of likely N-dealkylation sites (tertiary alicyclic amines) is 2. The molecular weight excluding hydrogens is 348 g/mol. The highest BCUT2D eigenvalue weighted by Crippen LogP contribution is 2.41. The molecular formula is C24H30N2O2. The number of nitrogens with zero attached hydrogens (tertiary/aromatic N) is 2. The summed E-state index contributed by atoms with van der Waals surface area (Å²) in [4.78, 5) is 18.0. The van der Waals surface area contributed by atoms with Gasteiger partial charge in [-0.25, -0.2) is 0 Å². The molecule has 4 heteroatoms. The third kappa shape index (κ3) is 3.93. The number of carbonyl (C=O) groups excluding carboxylic acids is 1. The van der Waals surface area contributed by atoms with Crippen LogP contribution in [-0.2, 0) is 17.9 Å². The van der Waals surface area contributed by atoms with E-state index in [0.29, 0.717) is 12.5 Å². The van der Waals surface area contributed by atoms with Crippen molar-refractivity contribution >= 4 is 5.91 Å². The molecule has 0 aromatic heterocycles. The minimum Gasteiger partial charge on any atom is -0.497 e. The van der Waals surface area contributed by atoms with E-state index < -0.39 is 0 Å². The van der Waals surface area contributed by atoms with Crippen LogP contribution in [0, 0.1) is 12.3 Å². The normalized spacial score (nSPS) is 22.8. The highest BCUT2D eigenvalue weighted by molar-refractivity contribution is 5.84. The lowest BCUT2D eigenvalue weighted by atomic mass is 9.78. The largest absolute Gasteiger partial charge is 0.497 e. The molecule has 1 spiro atoms. The van der Waals surface area contributed by atoms with Crippen LogP contribution in [0.2, 0.25) is 0 Å². The molecule has 2 aliphatic heterocycles. The fourth-order valence-electron chi connectivity index (χ4n) is 4.83. The minimum absolute atomic E-state index is 0.194. The molecule has 2 aromatic rings. The lowest BCUT2D eigenvalue weighted by Crippen LogP contribution is -2.49. The van der Waals surface area contributed by atoms with Crippen LogP contribution in [0.15, 0.2) is 48.5 Å². The van der Waals surface area contributed by atoms with Gasteiger partial charge in [0.1, 0.15) is 5.75 Å². The van der Waals surface area contributed by atoms with Gasteiger partial charge in [0, 0.05) is 26.2 Å². The Morgan fingerprint density at radius 3 is 2.57 bits per heavy atom. The molecule has 2 fully saturated rings. The number of piperidine rings is 1. The number of amides is 1. The smallest absolute Gasteiger partial charge is 0.230 e. The predicted octanol–water partition coefficient (Wildman–Crippen LogP) is 4.02. The number of hydrogen-bond donors (Lipinski definition) is 0. The van der Waals surface area contributed by atoms with Gasteiger partial charge in [-0.3, -0.25) is 9.69 Å². The lowest BCUT2D eigenvalue weighted by molar-refractivity contribution is -0.146. The monoisotopic (exact) mass is 378 g/mol. The maximum Gasteiger partial charge on any atom is 0.230 e. The molecule has 0 radical (unpaired) electrons. The number of hydrogen-bond acceptors (Lipinski definition) is 3. The summed E-state index contributed by atoms with van der Waals surface area (Å²) in [6, 6.07) is 16.8. The number of methoxy groups -OCH3 is 1. The first-order chi connectivity index (χ1) is 13.6. The summed E-state index contributed by atoms with van der Waals surface area (Å²) in [6.07, 6.45) is 3.09.